The highest BCUT2D eigenvalue weighted by molar-refractivity contribution is 5.20. The van der Waals surface area contributed by atoms with Gasteiger partial charge in [-0.15, -0.1) is 0 Å². The van der Waals surface area contributed by atoms with Crippen molar-refractivity contribution in [1.82, 2.24) is 0 Å². The van der Waals surface area contributed by atoms with Crippen LogP contribution in [0.1, 0.15) is 45.4 Å². The van der Waals surface area contributed by atoms with Crippen molar-refractivity contribution >= 4 is 0 Å². The molecule has 17 heavy (non-hydrogen) atoms. The van der Waals surface area contributed by atoms with E-state index in [9.17, 15) is 5.11 Å². The van der Waals surface area contributed by atoms with Crippen molar-refractivity contribution in [2.24, 2.45) is 23.2 Å². The molecule has 4 aliphatic carbocycles. The fourth-order valence-corrected chi connectivity index (χ4v) is 5.18. The summed E-state index contributed by atoms with van der Waals surface area (Å²) in [6, 6.07) is 2.06. The molecule has 0 saturated heterocycles. The second-order valence-corrected chi connectivity index (χ2v) is 6.70. The number of aliphatic hydroxyl groups excluding tert-OH is 1. The lowest BCUT2D eigenvalue weighted by molar-refractivity contribution is -0.107. The summed E-state index contributed by atoms with van der Waals surface area (Å²) in [4.78, 5) is 0. The number of nitriles is 1. The van der Waals surface area contributed by atoms with Crippen LogP contribution in [0.2, 0.25) is 0 Å². The number of aliphatic hydroxyl groups is 1. The minimum atomic E-state index is -0.379. The van der Waals surface area contributed by atoms with E-state index in [1.165, 1.54) is 44.6 Å². The molecule has 4 bridgehead atoms. The molecular formula is C15H21NO. The first-order chi connectivity index (χ1) is 8.13. The molecule has 4 aliphatic rings. The molecule has 0 spiro atoms. The predicted octanol–water partition coefficient (Wildman–Crippen LogP) is 3.03. The molecule has 4 saturated carbocycles. The number of allylic oxidation sites excluding steroid dienone is 1. The van der Waals surface area contributed by atoms with Gasteiger partial charge >= 0.3 is 0 Å². The van der Waals surface area contributed by atoms with E-state index in [1.807, 2.05) is 6.92 Å². The second-order valence-electron chi connectivity index (χ2n) is 6.70. The van der Waals surface area contributed by atoms with Crippen LogP contribution in [0.4, 0.5) is 0 Å². The minimum absolute atomic E-state index is 0.117. The first kappa shape index (κ1) is 11.3. The highest BCUT2D eigenvalue weighted by atomic mass is 16.3. The SMILES string of the molecule is C/C(=C\C#N)C(O)C12CC3CC(CC(C3)C1)C2. The van der Waals surface area contributed by atoms with Gasteiger partial charge in [-0.25, -0.2) is 0 Å². The van der Waals surface area contributed by atoms with Crippen molar-refractivity contribution in [2.75, 3.05) is 0 Å². The van der Waals surface area contributed by atoms with Gasteiger partial charge in [0.2, 0.25) is 0 Å². The molecule has 4 rings (SSSR count). The molecule has 0 amide bonds. The quantitative estimate of drug-likeness (QED) is 0.742. The molecule has 1 N–H and O–H groups in total. The lowest BCUT2D eigenvalue weighted by Crippen LogP contribution is -2.52. The van der Waals surface area contributed by atoms with E-state index in [4.69, 9.17) is 5.26 Å². The minimum Gasteiger partial charge on any atom is -0.388 e. The molecule has 1 unspecified atom stereocenters. The van der Waals surface area contributed by atoms with E-state index in [1.54, 1.807) is 0 Å². The zero-order valence-electron chi connectivity index (χ0n) is 10.5. The van der Waals surface area contributed by atoms with E-state index < -0.39 is 0 Å². The van der Waals surface area contributed by atoms with Gasteiger partial charge in [0, 0.05) is 11.5 Å². The third-order valence-corrected chi connectivity index (χ3v) is 5.39. The Bertz CT molecular complexity index is 355. The summed E-state index contributed by atoms with van der Waals surface area (Å²) in [7, 11) is 0. The predicted molar refractivity (Wildman–Crippen MR) is 66.0 cm³/mol. The lowest BCUT2D eigenvalue weighted by Gasteiger charge is -2.58. The molecule has 1 atom stereocenters. The first-order valence-electron chi connectivity index (χ1n) is 6.87. The van der Waals surface area contributed by atoms with Gasteiger partial charge in [0.1, 0.15) is 0 Å². The summed E-state index contributed by atoms with van der Waals surface area (Å²) >= 11 is 0. The highest BCUT2D eigenvalue weighted by Gasteiger charge is 2.54. The van der Waals surface area contributed by atoms with Crippen LogP contribution in [-0.4, -0.2) is 11.2 Å². The zero-order chi connectivity index (χ0) is 12.0. The lowest BCUT2D eigenvalue weighted by atomic mass is 9.47. The Morgan fingerprint density at radius 2 is 1.71 bits per heavy atom. The highest BCUT2D eigenvalue weighted by Crippen LogP contribution is 2.61. The monoisotopic (exact) mass is 231 g/mol. The third-order valence-electron chi connectivity index (χ3n) is 5.39. The molecule has 4 fully saturated rings. The first-order valence-corrected chi connectivity index (χ1v) is 6.87. The van der Waals surface area contributed by atoms with Gasteiger partial charge in [-0.2, -0.15) is 5.26 Å². The van der Waals surface area contributed by atoms with Crippen molar-refractivity contribution in [3.05, 3.63) is 11.6 Å². The van der Waals surface area contributed by atoms with Crippen molar-refractivity contribution < 1.29 is 5.11 Å². The molecule has 0 heterocycles. The standard InChI is InChI=1S/C15H21NO/c1-10(2-3-16)14(17)15-7-11-4-12(8-15)6-13(5-11)9-15/h2,11-14,17H,4-9H2,1H3/b10-2+. The van der Waals surface area contributed by atoms with Gasteiger partial charge in [-0.1, -0.05) is 0 Å². The largest absolute Gasteiger partial charge is 0.388 e. The van der Waals surface area contributed by atoms with E-state index >= 15 is 0 Å². The Labute approximate surface area is 103 Å². The van der Waals surface area contributed by atoms with Gasteiger partial charge in [-0.3, -0.25) is 0 Å². The van der Waals surface area contributed by atoms with Crippen LogP contribution in [0.15, 0.2) is 11.6 Å². The molecule has 0 aliphatic heterocycles. The van der Waals surface area contributed by atoms with Gasteiger partial charge < -0.3 is 5.11 Å². The third kappa shape index (κ3) is 1.72. The van der Waals surface area contributed by atoms with E-state index in [0.29, 0.717) is 0 Å². The van der Waals surface area contributed by atoms with Crippen LogP contribution >= 0.6 is 0 Å². The maximum Gasteiger partial charge on any atom is 0.0912 e. The topological polar surface area (TPSA) is 44.0 Å². The smallest absolute Gasteiger partial charge is 0.0912 e. The summed E-state index contributed by atoms with van der Waals surface area (Å²) in [5.74, 6) is 2.56. The average Bonchev–Trinajstić information content (AvgIpc) is 2.26. The normalized spacial score (nSPS) is 45.7. The Morgan fingerprint density at radius 1 is 1.24 bits per heavy atom. The van der Waals surface area contributed by atoms with Crippen LogP contribution < -0.4 is 0 Å². The fourth-order valence-electron chi connectivity index (χ4n) is 5.18. The average molecular weight is 231 g/mol. The van der Waals surface area contributed by atoms with Crippen LogP contribution in [-0.2, 0) is 0 Å². The fraction of sp³-hybridized carbons (Fsp3) is 0.800. The van der Waals surface area contributed by atoms with Crippen LogP contribution in [0.25, 0.3) is 0 Å². The molecule has 0 aromatic heterocycles. The summed E-state index contributed by atoms with van der Waals surface area (Å²) in [5, 5.41) is 19.3. The van der Waals surface area contributed by atoms with E-state index in [0.717, 1.165) is 23.3 Å². The summed E-state index contributed by atoms with van der Waals surface area (Å²) in [6.07, 6.45) is 8.91. The summed E-state index contributed by atoms with van der Waals surface area (Å²) in [6.45, 7) is 1.91. The number of rotatable bonds is 2. The van der Waals surface area contributed by atoms with Crippen molar-refractivity contribution in [2.45, 2.75) is 51.6 Å². The molecule has 0 aromatic carbocycles. The van der Waals surface area contributed by atoms with E-state index in [-0.39, 0.29) is 11.5 Å². The molecule has 0 aromatic rings. The maximum atomic E-state index is 10.6. The van der Waals surface area contributed by atoms with Gasteiger partial charge in [-0.05, 0) is 68.8 Å². The Hall–Kier alpha value is -0.810. The summed E-state index contributed by atoms with van der Waals surface area (Å²) in [5.41, 5.74) is 0.987. The molecule has 0 radical (unpaired) electrons. The molecule has 2 heteroatoms. The second kappa shape index (κ2) is 3.85. The van der Waals surface area contributed by atoms with Gasteiger partial charge in [0.25, 0.3) is 0 Å². The Morgan fingerprint density at radius 3 is 2.12 bits per heavy atom. The number of hydrogen-bond donors (Lipinski definition) is 1. The van der Waals surface area contributed by atoms with Crippen molar-refractivity contribution in [1.29, 1.82) is 5.26 Å². The molecular weight excluding hydrogens is 210 g/mol. The van der Waals surface area contributed by atoms with Gasteiger partial charge in [0.05, 0.1) is 12.2 Å². The van der Waals surface area contributed by atoms with E-state index in [2.05, 4.69) is 6.07 Å². The van der Waals surface area contributed by atoms with Crippen LogP contribution in [0.5, 0.6) is 0 Å². The number of nitrogens with zero attached hydrogens (tertiary/aromatic N) is 1. The summed E-state index contributed by atoms with van der Waals surface area (Å²) < 4.78 is 0. The van der Waals surface area contributed by atoms with Gasteiger partial charge in [0.15, 0.2) is 0 Å². The van der Waals surface area contributed by atoms with Crippen molar-refractivity contribution in [3.8, 4) is 6.07 Å². The number of hydrogen-bond acceptors (Lipinski definition) is 2. The Balaban J connectivity index is 1.87. The zero-order valence-corrected chi connectivity index (χ0v) is 10.5. The molecule has 92 valence electrons. The van der Waals surface area contributed by atoms with Crippen LogP contribution in [0.3, 0.4) is 0 Å². The Kier molecular flexibility index (Phi) is 2.56. The molecule has 2 nitrogen and oxygen atoms in total. The van der Waals surface area contributed by atoms with Crippen LogP contribution in [0, 0.1) is 34.5 Å². The van der Waals surface area contributed by atoms with Crippen molar-refractivity contribution in [3.63, 3.8) is 0 Å². The maximum absolute atomic E-state index is 10.6.